The fourth-order valence-electron chi connectivity index (χ4n) is 0.903. The fourth-order valence-corrected chi connectivity index (χ4v) is 1.38. The van der Waals surface area contributed by atoms with Gasteiger partial charge in [0.25, 0.3) is 0 Å². The molecule has 3 nitrogen and oxygen atoms in total. The van der Waals surface area contributed by atoms with Crippen LogP contribution >= 0.6 is 11.8 Å². The Labute approximate surface area is 97.5 Å². The van der Waals surface area contributed by atoms with E-state index in [1.165, 1.54) is 0 Å². The first-order valence-electron chi connectivity index (χ1n) is 4.82. The van der Waals surface area contributed by atoms with Gasteiger partial charge in [-0.25, -0.2) is 0 Å². The van der Waals surface area contributed by atoms with Crippen molar-refractivity contribution in [3.63, 3.8) is 0 Å². The van der Waals surface area contributed by atoms with Gasteiger partial charge in [0.15, 0.2) is 0 Å². The van der Waals surface area contributed by atoms with E-state index in [0.29, 0.717) is 0 Å². The zero-order chi connectivity index (χ0) is 12.8. The average Bonchev–Trinajstić information content (AvgIpc) is 1.97. The first-order valence-corrected chi connectivity index (χ1v) is 5.81. The molecule has 0 saturated heterocycles. The van der Waals surface area contributed by atoms with Crippen LogP contribution in [-0.4, -0.2) is 35.8 Å². The fraction of sp³-hybridized carbons (Fsp3) is 0.889. The molecule has 0 rings (SSSR count). The molecule has 0 saturated carbocycles. The highest BCUT2D eigenvalue weighted by Gasteiger charge is 2.27. The van der Waals surface area contributed by atoms with Crippen LogP contribution in [0.3, 0.4) is 0 Å². The minimum absolute atomic E-state index is 0.0374. The molecule has 16 heavy (non-hydrogen) atoms. The van der Waals surface area contributed by atoms with Crippen LogP contribution in [0, 0.1) is 0 Å². The molecular weight excluding hydrogens is 241 g/mol. The number of hydrogen-bond acceptors (Lipinski definition) is 3. The molecule has 0 aliphatic heterocycles. The van der Waals surface area contributed by atoms with Gasteiger partial charge < -0.3 is 10.6 Å². The number of amides is 1. The molecule has 0 radical (unpaired) electrons. The van der Waals surface area contributed by atoms with Gasteiger partial charge in [0.1, 0.15) is 0 Å². The quantitative estimate of drug-likeness (QED) is 0.738. The third-order valence-corrected chi connectivity index (χ3v) is 2.08. The van der Waals surface area contributed by atoms with Crippen molar-refractivity contribution in [2.45, 2.75) is 31.8 Å². The van der Waals surface area contributed by atoms with E-state index in [2.05, 4.69) is 10.6 Å². The van der Waals surface area contributed by atoms with Gasteiger partial charge in [0, 0.05) is 17.8 Å². The Hall–Kier alpha value is -0.430. The molecule has 0 spiro atoms. The van der Waals surface area contributed by atoms with Gasteiger partial charge in [-0.1, -0.05) is 0 Å². The van der Waals surface area contributed by atoms with Gasteiger partial charge in [-0.15, -0.1) is 0 Å². The average molecular weight is 258 g/mol. The predicted octanol–water partition coefficient (Wildman–Crippen LogP) is 1.74. The lowest BCUT2D eigenvalue weighted by Gasteiger charge is -2.20. The van der Waals surface area contributed by atoms with Crippen molar-refractivity contribution in [1.82, 2.24) is 10.6 Å². The Kier molecular flexibility index (Phi) is 6.17. The van der Waals surface area contributed by atoms with E-state index in [1.54, 1.807) is 0 Å². The Morgan fingerprint density at radius 1 is 1.25 bits per heavy atom. The van der Waals surface area contributed by atoms with Gasteiger partial charge in [-0.2, -0.15) is 13.2 Å². The van der Waals surface area contributed by atoms with E-state index in [4.69, 9.17) is 0 Å². The summed E-state index contributed by atoms with van der Waals surface area (Å²) in [7, 11) is 0. The number of thioether (sulfide) groups is 1. The summed E-state index contributed by atoms with van der Waals surface area (Å²) in [6.45, 7) is 5.70. The molecule has 7 heteroatoms. The molecule has 0 aromatic rings. The topological polar surface area (TPSA) is 41.1 Å². The number of nitrogens with one attached hydrogen (secondary N) is 2. The summed E-state index contributed by atoms with van der Waals surface area (Å²) in [6, 6.07) is 0. The Morgan fingerprint density at radius 3 is 2.25 bits per heavy atom. The summed E-state index contributed by atoms with van der Waals surface area (Å²) in [4.78, 5) is 11.2. The third kappa shape index (κ3) is 11.6. The molecule has 0 heterocycles. The Morgan fingerprint density at radius 2 is 1.81 bits per heavy atom. The predicted molar refractivity (Wildman–Crippen MR) is 59.3 cm³/mol. The SMILES string of the molecule is CC(C)(C)NC(=O)CNCCSC(F)(F)F. The maximum Gasteiger partial charge on any atom is 0.441 e. The number of halogens is 3. The van der Waals surface area contributed by atoms with E-state index in [1.807, 2.05) is 20.8 Å². The smallest absolute Gasteiger partial charge is 0.350 e. The lowest BCUT2D eigenvalue weighted by Crippen LogP contribution is -2.45. The van der Waals surface area contributed by atoms with Crippen molar-refractivity contribution in [1.29, 1.82) is 0 Å². The summed E-state index contributed by atoms with van der Waals surface area (Å²) in [5, 5.41) is 5.34. The third-order valence-electron chi connectivity index (χ3n) is 1.34. The molecule has 0 aliphatic carbocycles. The molecule has 0 atom stereocenters. The largest absolute Gasteiger partial charge is 0.441 e. The zero-order valence-corrected chi connectivity index (χ0v) is 10.4. The van der Waals surface area contributed by atoms with Crippen molar-refractivity contribution >= 4 is 17.7 Å². The lowest BCUT2D eigenvalue weighted by atomic mass is 10.1. The minimum Gasteiger partial charge on any atom is -0.350 e. The van der Waals surface area contributed by atoms with Crippen molar-refractivity contribution in [3.05, 3.63) is 0 Å². The van der Waals surface area contributed by atoms with Crippen LogP contribution in [0.2, 0.25) is 0 Å². The van der Waals surface area contributed by atoms with Gasteiger partial charge in [0.2, 0.25) is 5.91 Å². The Balaban J connectivity index is 3.50. The number of alkyl halides is 3. The number of carbonyl (C=O) groups is 1. The molecule has 0 bridgehead atoms. The van der Waals surface area contributed by atoms with E-state index >= 15 is 0 Å². The number of hydrogen-bond donors (Lipinski definition) is 2. The van der Waals surface area contributed by atoms with Crippen molar-refractivity contribution < 1.29 is 18.0 Å². The lowest BCUT2D eigenvalue weighted by molar-refractivity contribution is -0.121. The van der Waals surface area contributed by atoms with Crippen LogP contribution in [0.4, 0.5) is 13.2 Å². The van der Waals surface area contributed by atoms with E-state index in [9.17, 15) is 18.0 Å². The molecule has 2 N–H and O–H groups in total. The first-order chi connectivity index (χ1) is 7.10. The van der Waals surface area contributed by atoms with Crippen molar-refractivity contribution in [3.8, 4) is 0 Å². The van der Waals surface area contributed by atoms with Crippen molar-refractivity contribution in [2.24, 2.45) is 0 Å². The molecule has 1 amide bonds. The van der Waals surface area contributed by atoms with Crippen LogP contribution in [0.1, 0.15) is 20.8 Å². The molecule has 0 fully saturated rings. The van der Waals surface area contributed by atoms with Gasteiger partial charge in [-0.05, 0) is 32.5 Å². The second-order valence-corrected chi connectivity index (χ2v) is 5.43. The summed E-state index contributed by atoms with van der Waals surface area (Å²) in [6.07, 6.45) is 0. The van der Waals surface area contributed by atoms with Crippen LogP contribution < -0.4 is 10.6 Å². The highest BCUT2D eigenvalue weighted by molar-refractivity contribution is 8.00. The molecule has 0 aromatic carbocycles. The molecule has 0 aromatic heterocycles. The van der Waals surface area contributed by atoms with Crippen LogP contribution in [-0.2, 0) is 4.79 Å². The van der Waals surface area contributed by atoms with Crippen LogP contribution in [0.25, 0.3) is 0 Å². The summed E-state index contributed by atoms with van der Waals surface area (Å²) in [5.41, 5.74) is -4.52. The van der Waals surface area contributed by atoms with Gasteiger partial charge >= 0.3 is 5.51 Å². The maximum atomic E-state index is 11.7. The molecule has 0 unspecified atom stereocenters. The Bertz CT molecular complexity index is 226. The van der Waals surface area contributed by atoms with Gasteiger partial charge in [-0.3, -0.25) is 4.79 Å². The van der Waals surface area contributed by atoms with E-state index in [-0.39, 0.29) is 42.1 Å². The van der Waals surface area contributed by atoms with Gasteiger partial charge in [0.05, 0.1) is 6.54 Å². The second-order valence-electron chi connectivity index (χ2n) is 4.27. The molecule has 0 aliphatic rings. The molecule has 96 valence electrons. The van der Waals surface area contributed by atoms with E-state index < -0.39 is 5.51 Å². The normalized spacial score (nSPS) is 12.6. The number of carbonyl (C=O) groups excluding carboxylic acids is 1. The highest BCUT2D eigenvalue weighted by Crippen LogP contribution is 2.29. The minimum atomic E-state index is -4.20. The van der Waals surface area contributed by atoms with Crippen molar-refractivity contribution in [2.75, 3.05) is 18.8 Å². The number of rotatable bonds is 5. The second kappa shape index (κ2) is 6.34. The van der Waals surface area contributed by atoms with E-state index in [0.717, 1.165) is 0 Å². The first kappa shape index (κ1) is 15.6. The monoisotopic (exact) mass is 258 g/mol. The summed E-state index contributed by atoms with van der Waals surface area (Å²) < 4.78 is 35.2. The maximum absolute atomic E-state index is 11.7. The summed E-state index contributed by atoms with van der Waals surface area (Å²) in [5.74, 6) is -0.309. The van der Waals surface area contributed by atoms with Crippen LogP contribution in [0.5, 0.6) is 0 Å². The molecular formula is C9H17F3N2OS. The van der Waals surface area contributed by atoms with Crippen LogP contribution in [0.15, 0.2) is 0 Å². The summed E-state index contributed by atoms with van der Waals surface area (Å²) >= 11 is -0.0958. The zero-order valence-electron chi connectivity index (χ0n) is 9.57. The standard InChI is InChI=1S/C9H17F3N2OS/c1-8(2,3)14-7(15)6-13-4-5-16-9(10,11)12/h13H,4-6H2,1-3H3,(H,14,15). The highest BCUT2D eigenvalue weighted by atomic mass is 32.2.